The molecule has 0 saturated carbocycles. The van der Waals surface area contributed by atoms with Crippen molar-refractivity contribution in [2.75, 3.05) is 5.75 Å². The maximum atomic E-state index is 12.4. The van der Waals surface area contributed by atoms with Crippen molar-refractivity contribution in [3.63, 3.8) is 0 Å². The fourth-order valence-corrected chi connectivity index (χ4v) is 4.31. The lowest BCUT2D eigenvalue weighted by molar-refractivity contribution is -0.119. The number of nitrogens with zero attached hydrogens (tertiary/aromatic N) is 1. The molecule has 0 aliphatic heterocycles. The Kier molecular flexibility index (Phi) is 8.21. The summed E-state index contributed by atoms with van der Waals surface area (Å²) in [5, 5.41) is 11.7. The topological polar surface area (TPSA) is 87.0 Å². The van der Waals surface area contributed by atoms with Gasteiger partial charge in [-0.3, -0.25) is 4.79 Å². The van der Waals surface area contributed by atoms with Crippen molar-refractivity contribution in [2.24, 2.45) is 0 Å². The summed E-state index contributed by atoms with van der Waals surface area (Å²) in [6.07, 6.45) is 3.89. The van der Waals surface area contributed by atoms with Crippen LogP contribution in [0, 0.1) is 11.3 Å². The van der Waals surface area contributed by atoms with E-state index in [0.717, 1.165) is 31.2 Å². The number of nitriles is 1. The molecule has 1 N–H and O–H groups in total. The third kappa shape index (κ3) is 7.16. The molecule has 5 nitrogen and oxygen atoms in total. The SMILES string of the molecule is CCCCCC(NC(=O)CS(=O)(=O)Cc1ccc(C#N)cc1)c1ccccc1. The Morgan fingerprint density at radius 2 is 1.75 bits per heavy atom. The minimum atomic E-state index is -3.60. The van der Waals surface area contributed by atoms with E-state index in [1.54, 1.807) is 24.3 Å². The lowest BCUT2D eigenvalue weighted by Crippen LogP contribution is -2.34. The molecule has 28 heavy (non-hydrogen) atoms. The molecule has 6 heteroatoms. The molecule has 1 unspecified atom stereocenters. The third-order valence-electron chi connectivity index (χ3n) is 4.45. The Morgan fingerprint density at radius 3 is 2.36 bits per heavy atom. The summed E-state index contributed by atoms with van der Waals surface area (Å²) in [5.74, 6) is -1.26. The van der Waals surface area contributed by atoms with Gasteiger partial charge in [-0.25, -0.2) is 8.42 Å². The van der Waals surface area contributed by atoms with Crippen LogP contribution in [-0.2, 0) is 20.4 Å². The Bertz CT molecular complexity index is 901. The van der Waals surface area contributed by atoms with Gasteiger partial charge in [-0.1, -0.05) is 68.7 Å². The molecule has 0 fully saturated rings. The van der Waals surface area contributed by atoms with E-state index in [2.05, 4.69) is 12.2 Å². The highest BCUT2D eigenvalue weighted by molar-refractivity contribution is 7.91. The number of sulfone groups is 1. The molecular formula is C22H26N2O3S. The molecule has 0 spiro atoms. The second-order valence-corrected chi connectivity index (χ2v) is 8.93. The van der Waals surface area contributed by atoms with Crippen molar-refractivity contribution in [1.82, 2.24) is 5.32 Å². The van der Waals surface area contributed by atoms with E-state index in [4.69, 9.17) is 5.26 Å². The van der Waals surface area contributed by atoms with Gasteiger partial charge in [0, 0.05) is 0 Å². The Balaban J connectivity index is 2.00. The zero-order valence-electron chi connectivity index (χ0n) is 16.1. The minimum absolute atomic E-state index is 0.189. The number of benzene rings is 2. The average Bonchev–Trinajstić information content (AvgIpc) is 2.68. The van der Waals surface area contributed by atoms with Crippen LogP contribution < -0.4 is 5.32 Å². The monoisotopic (exact) mass is 398 g/mol. The van der Waals surface area contributed by atoms with E-state index in [0.29, 0.717) is 11.1 Å². The maximum Gasteiger partial charge on any atom is 0.235 e. The van der Waals surface area contributed by atoms with Crippen molar-refractivity contribution in [3.05, 3.63) is 71.3 Å². The van der Waals surface area contributed by atoms with Crippen LogP contribution in [0.15, 0.2) is 54.6 Å². The average molecular weight is 399 g/mol. The van der Waals surface area contributed by atoms with E-state index in [1.807, 2.05) is 36.4 Å². The fourth-order valence-electron chi connectivity index (χ4n) is 3.02. The van der Waals surface area contributed by atoms with Crippen LogP contribution in [-0.4, -0.2) is 20.1 Å². The molecule has 0 radical (unpaired) electrons. The standard InChI is InChI=1S/C22H26N2O3S/c1-2-3-5-10-21(20-8-6-4-7-9-20)24-22(25)17-28(26,27)16-19-13-11-18(15-23)12-14-19/h4,6-9,11-14,21H,2-3,5,10,16-17H2,1H3,(H,24,25). The summed E-state index contributed by atoms with van der Waals surface area (Å²) in [5.41, 5.74) is 2.02. The summed E-state index contributed by atoms with van der Waals surface area (Å²) < 4.78 is 24.8. The Hall–Kier alpha value is -2.65. The van der Waals surface area contributed by atoms with Crippen LogP contribution in [0.25, 0.3) is 0 Å². The van der Waals surface area contributed by atoms with Crippen molar-refractivity contribution >= 4 is 15.7 Å². The lowest BCUT2D eigenvalue weighted by atomic mass is 10.0. The summed E-state index contributed by atoms with van der Waals surface area (Å²) in [6, 6.07) is 17.8. The molecule has 0 bridgehead atoms. The third-order valence-corrected chi connectivity index (χ3v) is 5.93. The Labute approximate surface area is 167 Å². The summed E-state index contributed by atoms with van der Waals surface area (Å²) in [7, 11) is -3.60. The summed E-state index contributed by atoms with van der Waals surface area (Å²) in [6.45, 7) is 2.12. The van der Waals surface area contributed by atoms with E-state index in [1.165, 1.54) is 0 Å². The predicted octanol–water partition coefficient (Wildman–Crippen LogP) is 3.91. The van der Waals surface area contributed by atoms with E-state index >= 15 is 0 Å². The highest BCUT2D eigenvalue weighted by Crippen LogP contribution is 2.20. The first-order chi connectivity index (χ1) is 13.4. The molecule has 148 valence electrons. The van der Waals surface area contributed by atoms with Crippen molar-refractivity contribution in [3.8, 4) is 6.07 Å². The highest BCUT2D eigenvalue weighted by atomic mass is 32.2. The molecule has 1 amide bonds. The second-order valence-electron chi connectivity index (χ2n) is 6.87. The van der Waals surface area contributed by atoms with Gasteiger partial charge >= 0.3 is 0 Å². The fraction of sp³-hybridized carbons (Fsp3) is 0.364. The molecule has 0 aromatic heterocycles. The van der Waals surface area contributed by atoms with Gasteiger partial charge in [0.05, 0.1) is 23.4 Å². The van der Waals surface area contributed by atoms with Crippen LogP contribution in [0.5, 0.6) is 0 Å². The van der Waals surface area contributed by atoms with Crippen LogP contribution in [0.3, 0.4) is 0 Å². The van der Waals surface area contributed by atoms with E-state index < -0.39 is 21.5 Å². The largest absolute Gasteiger partial charge is 0.348 e. The van der Waals surface area contributed by atoms with Gasteiger partial charge in [-0.05, 0) is 29.7 Å². The van der Waals surface area contributed by atoms with E-state index in [-0.39, 0.29) is 11.8 Å². The van der Waals surface area contributed by atoms with Crippen molar-refractivity contribution in [2.45, 2.75) is 44.4 Å². The normalized spacial score (nSPS) is 12.1. The molecule has 0 aliphatic rings. The van der Waals surface area contributed by atoms with Gasteiger partial charge in [-0.15, -0.1) is 0 Å². The molecule has 2 aromatic rings. The van der Waals surface area contributed by atoms with Crippen LogP contribution in [0.2, 0.25) is 0 Å². The Morgan fingerprint density at radius 1 is 1.07 bits per heavy atom. The van der Waals surface area contributed by atoms with Crippen molar-refractivity contribution < 1.29 is 13.2 Å². The lowest BCUT2D eigenvalue weighted by Gasteiger charge is -2.19. The zero-order valence-corrected chi connectivity index (χ0v) is 16.9. The summed E-state index contributed by atoms with van der Waals surface area (Å²) >= 11 is 0. The number of unbranched alkanes of at least 4 members (excludes halogenated alkanes) is 2. The first-order valence-corrected chi connectivity index (χ1v) is 11.3. The number of nitrogens with one attached hydrogen (secondary N) is 1. The number of hydrogen-bond acceptors (Lipinski definition) is 4. The van der Waals surface area contributed by atoms with Crippen LogP contribution >= 0.6 is 0 Å². The first-order valence-electron chi connectivity index (χ1n) is 9.47. The molecule has 0 saturated heterocycles. The smallest absolute Gasteiger partial charge is 0.235 e. The quantitative estimate of drug-likeness (QED) is 0.615. The van der Waals surface area contributed by atoms with E-state index in [9.17, 15) is 13.2 Å². The molecule has 0 aliphatic carbocycles. The van der Waals surface area contributed by atoms with Gasteiger partial charge in [0.25, 0.3) is 0 Å². The predicted molar refractivity (Wildman–Crippen MR) is 110 cm³/mol. The molecule has 2 aromatic carbocycles. The number of carbonyl (C=O) groups is 1. The molecule has 1 atom stereocenters. The number of amides is 1. The highest BCUT2D eigenvalue weighted by Gasteiger charge is 2.21. The molecule has 0 heterocycles. The van der Waals surface area contributed by atoms with Gasteiger partial charge < -0.3 is 5.32 Å². The minimum Gasteiger partial charge on any atom is -0.348 e. The first kappa shape index (κ1) is 21.6. The van der Waals surface area contributed by atoms with Gasteiger partial charge in [-0.2, -0.15) is 5.26 Å². The van der Waals surface area contributed by atoms with Crippen LogP contribution in [0.4, 0.5) is 0 Å². The van der Waals surface area contributed by atoms with Gasteiger partial charge in [0.15, 0.2) is 9.84 Å². The number of rotatable bonds is 10. The number of carbonyl (C=O) groups excluding carboxylic acids is 1. The van der Waals surface area contributed by atoms with Crippen LogP contribution in [0.1, 0.15) is 55.3 Å². The summed E-state index contributed by atoms with van der Waals surface area (Å²) in [4.78, 5) is 12.4. The zero-order chi connectivity index (χ0) is 20.4. The molecular weight excluding hydrogens is 372 g/mol. The van der Waals surface area contributed by atoms with Gasteiger partial charge in [0.2, 0.25) is 5.91 Å². The molecule has 2 rings (SSSR count). The number of hydrogen-bond donors (Lipinski definition) is 1. The second kappa shape index (κ2) is 10.6. The maximum absolute atomic E-state index is 12.4. The van der Waals surface area contributed by atoms with Gasteiger partial charge in [0.1, 0.15) is 5.75 Å². The van der Waals surface area contributed by atoms with Crippen molar-refractivity contribution in [1.29, 1.82) is 5.26 Å².